The Labute approximate surface area is 277 Å². The van der Waals surface area contributed by atoms with Gasteiger partial charge in [-0.25, -0.2) is 27.6 Å². The van der Waals surface area contributed by atoms with E-state index in [0.29, 0.717) is 31.9 Å². The molecular weight excluding hydrogens is 655 g/mol. The highest BCUT2D eigenvalue weighted by molar-refractivity contribution is 7.89. The number of hydrogen-bond donors (Lipinski definition) is 4. The molecule has 0 aliphatic carbocycles. The van der Waals surface area contributed by atoms with Gasteiger partial charge in [0.05, 0.1) is 22.2 Å². The summed E-state index contributed by atoms with van der Waals surface area (Å²) < 4.78 is 67.3. The third-order valence-electron chi connectivity index (χ3n) is 8.20. The summed E-state index contributed by atoms with van der Waals surface area (Å²) in [5.41, 5.74) is 3.88. The second kappa shape index (κ2) is 16.5. The maximum Gasteiger partial charge on any atom is 0.490 e. The van der Waals surface area contributed by atoms with Crippen molar-refractivity contribution in [3.05, 3.63) is 47.3 Å². The molecule has 0 bridgehead atoms. The predicted octanol–water partition coefficient (Wildman–Crippen LogP) is 3.68. The van der Waals surface area contributed by atoms with Gasteiger partial charge in [0.25, 0.3) is 5.91 Å². The van der Waals surface area contributed by atoms with E-state index in [2.05, 4.69) is 25.4 Å². The summed E-state index contributed by atoms with van der Waals surface area (Å²) in [6, 6.07) is 6.32. The van der Waals surface area contributed by atoms with Gasteiger partial charge in [-0.15, -0.1) is 0 Å². The van der Waals surface area contributed by atoms with E-state index >= 15 is 0 Å². The Morgan fingerprint density at radius 3 is 2.35 bits per heavy atom. The van der Waals surface area contributed by atoms with Gasteiger partial charge in [0.15, 0.2) is 5.65 Å². The number of aliphatic carboxylic acids is 1. The Morgan fingerprint density at radius 2 is 1.75 bits per heavy atom. The summed E-state index contributed by atoms with van der Waals surface area (Å²) in [7, 11) is -3.63. The van der Waals surface area contributed by atoms with Crippen LogP contribution in [0.5, 0.6) is 0 Å². The molecule has 13 nitrogen and oxygen atoms in total. The van der Waals surface area contributed by atoms with Crippen LogP contribution in [0.3, 0.4) is 0 Å². The number of benzene rings is 1. The number of nitrogens with zero attached hydrogens (tertiary/aromatic N) is 4. The second-order valence-electron chi connectivity index (χ2n) is 11.6. The van der Waals surface area contributed by atoms with Crippen molar-refractivity contribution in [3.63, 3.8) is 0 Å². The molecule has 0 radical (unpaired) electrons. The topological polar surface area (TPSA) is 168 Å². The van der Waals surface area contributed by atoms with Crippen LogP contribution in [-0.2, 0) is 32.6 Å². The molecule has 4 N–H and O–H groups in total. The number of aryl methyl sites for hydroxylation is 2. The van der Waals surface area contributed by atoms with Crippen molar-refractivity contribution in [3.8, 4) is 0 Å². The predicted molar refractivity (Wildman–Crippen MR) is 172 cm³/mol. The van der Waals surface area contributed by atoms with Crippen LogP contribution in [0.2, 0.25) is 0 Å². The van der Waals surface area contributed by atoms with E-state index < -0.39 is 22.2 Å². The van der Waals surface area contributed by atoms with Gasteiger partial charge in [0, 0.05) is 55.7 Å². The normalized spacial score (nSPS) is 16.0. The van der Waals surface area contributed by atoms with Gasteiger partial charge in [-0.3, -0.25) is 4.79 Å². The number of sulfonamides is 1. The number of anilines is 1. The molecule has 2 aliphatic rings. The number of halogens is 3. The first-order chi connectivity index (χ1) is 22.8. The summed E-state index contributed by atoms with van der Waals surface area (Å²) in [5, 5.41) is 19.3. The molecule has 2 aromatic heterocycles. The summed E-state index contributed by atoms with van der Waals surface area (Å²) in [6.07, 6.45) is 1.76. The summed E-state index contributed by atoms with van der Waals surface area (Å²) in [4.78, 5) is 29.3. The van der Waals surface area contributed by atoms with E-state index in [4.69, 9.17) is 19.6 Å². The summed E-state index contributed by atoms with van der Waals surface area (Å²) in [5.74, 6) is -3.04. The summed E-state index contributed by atoms with van der Waals surface area (Å²) >= 11 is 0. The minimum atomic E-state index is -5.08. The molecule has 48 heavy (non-hydrogen) atoms. The molecule has 2 saturated heterocycles. The minimum absolute atomic E-state index is 0.150. The third kappa shape index (κ3) is 9.87. The monoisotopic (exact) mass is 697 g/mol. The lowest BCUT2D eigenvalue weighted by Gasteiger charge is -2.26. The van der Waals surface area contributed by atoms with Crippen LogP contribution in [0.25, 0.3) is 11.0 Å². The number of carbonyl (C=O) groups is 2. The molecule has 2 aliphatic heterocycles. The number of hydrogen-bond acceptors (Lipinski definition) is 9. The van der Waals surface area contributed by atoms with Gasteiger partial charge in [0.1, 0.15) is 0 Å². The number of aromatic nitrogens is 3. The molecule has 5 rings (SSSR count). The zero-order valence-electron chi connectivity index (χ0n) is 27.0. The fourth-order valence-electron chi connectivity index (χ4n) is 5.56. The Morgan fingerprint density at radius 1 is 1.10 bits per heavy atom. The average Bonchev–Trinajstić information content (AvgIpc) is 3.73. The summed E-state index contributed by atoms with van der Waals surface area (Å²) in [6.45, 7) is 9.87. The highest BCUT2D eigenvalue weighted by Gasteiger charge is 2.38. The number of ether oxygens (including phenoxy) is 1. The van der Waals surface area contributed by atoms with E-state index in [1.807, 2.05) is 24.7 Å². The molecule has 0 atom stereocenters. The fraction of sp³-hybridized carbons (Fsp3) is 0.548. The zero-order valence-corrected chi connectivity index (χ0v) is 27.8. The number of nitrogens with one attached hydrogen (secondary N) is 3. The Kier molecular flexibility index (Phi) is 12.8. The number of carboxylic acid groups (broad SMARTS) is 1. The highest BCUT2D eigenvalue weighted by Crippen LogP contribution is 2.30. The van der Waals surface area contributed by atoms with E-state index in [1.165, 1.54) is 25.0 Å². The molecule has 4 heterocycles. The number of fused-ring (bicyclic) bond motifs is 1. The van der Waals surface area contributed by atoms with Crippen molar-refractivity contribution in [2.24, 2.45) is 0 Å². The van der Waals surface area contributed by atoms with E-state index in [9.17, 15) is 26.4 Å². The largest absolute Gasteiger partial charge is 0.490 e. The molecule has 1 aromatic carbocycles. The lowest BCUT2D eigenvalue weighted by molar-refractivity contribution is -0.192. The lowest BCUT2D eigenvalue weighted by atomic mass is 10.0. The van der Waals surface area contributed by atoms with Crippen molar-refractivity contribution in [1.29, 1.82) is 0 Å². The molecule has 264 valence electrons. The average molecular weight is 698 g/mol. The first-order valence-electron chi connectivity index (χ1n) is 15.9. The minimum Gasteiger partial charge on any atom is -0.475 e. The molecule has 3 aromatic rings. The maximum absolute atomic E-state index is 13.1. The van der Waals surface area contributed by atoms with Crippen molar-refractivity contribution in [2.75, 3.05) is 44.7 Å². The van der Waals surface area contributed by atoms with E-state index in [0.717, 1.165) is 66.9 Å². The van der Waals surface area contributed by atoms with E-state index in [1.54, 1.807) is 12.1 Å². The van der Waals surface area contributed by atoms with Gasteiger partial charge in [-0.05, 0) is 89.9 Å². The Bertz CT molecular complexity index is 1650. The smallest absolute Gasteiger partial charge is 0.475 e. The Hall–Kier alpha value is -3.80. The molecule has 0 spiro atoms. The van der Waals surface area contributed by atoms with Crippen LogP contribution in [-0.4, -0.2) is 96.7 Å². The highest BCUT2D eigenvalue weighted by atomic mass is 32.2. The fourth-order valence-corrected chi connectivity index (χ4v) is 6.63. The molecule has 0 saturated carbocycles. The van der Waals surface area contributed by atoms with Gasteiger partial charge in [0.2, 0.25) is 10.0 Å². The van der Waals surface area contributed by atoms with Crippen molar-refractivity contribution < 1.29 is 41.0 Å². The van der Waals surface area contributed by atoms with Crippen LogP contribution >= 0.6 is 0 Å². The van der Waals surface area contributed by atoms with Crippen molar-refractivity contribution in [2.45, 2.75) is 76.2 Å². The number of pyridine rings is 1. The van der Waals surface area contributed by atoms with Gasteiger partial charge in [-0.2, -0.15) is 18.3 Å². The number of alkyl halides is 3. The van der Waals surface area contributed by atoms with E-state index in [-0.39, 0.29) is 23.4 Å². The number of amides is 1. The number of carbonyl (C=O) groups excluding carboxylic acids is 1. The van der Waals surface area contributed by atoms with Gasteiger partial charge < -0.3 is 25.4 Å². The van der Waals surface area contributed by atoms with Crippen LogP contribution < -0.4 is 15.4 Å². The number of rotatable bonds is 12. The standard InChI is InChI=1S/C29H41N7O4S.C2HF3O2/c1-3-36-28-26(20-31-36)27(34-23-11-17-40-18-12-23)25(21(2)33-28)19-30-29(37)22-7-9-24(10-8-22)41(38,39)32-13-6-16-35-14-4-5-15-35;3-2(4,5)1(6)7/h7-10,20,23,32H,3-6,11-19H2,1-2H3,(H,30,37)(H,33,34);(H,6,7). The van der Waals surface area contributed by atoms with Gasteiger partial charge >= 0.3 is 12.1 Å². The van der Waals surface area contributed by atoms with Crippen molar-refractivity contribution in [1.82, 2.24) is 29.7 Å². The number of likely N-dealkylation sites (tertiary alicyclic amines) is 1. The lowest BCUT2D eigenvalue weighted by Crippen LogP contribution is -2.30. The molecular formula is C31H42F3N7O6S. The second-order valence-corrected chi connectivity index (χ2v) is 13.4. The van der Waals surface area contributed by atoms with Crippen LogP contribution in [0.1, 0.15) is 60.6 Å². The zero-order chi connectivity index (χ0) is 34.9. The van der Waals surface area contributed by atoms with Crippen LogP contribution in [0, 0.1) is 6.92 Å². The van der Waals surface area contributed by atoms with Crippen LogP contribution in [0.4, 0.5) is 18.9 Å². The first kappa shape index (κ1) is 37.0. The molecule has 1 amide bonds. The SMILES string of the molecule is CCn1ncc2c(NC3CCOCC3)c(CNC(=O)c3ccc(S(=O)(=O)NCCCN4CCCC4)cc3)c(C)nc21.O=C(O)C(F)(F)F. The number of carboxylic acids is 1. The maximum atomic E-state index is 13.1. The molecule has 2 fully saturated rings. The molecule has 17 heteroatoms. The third-order valence-corrected chi connectivity index (χ3v) is 9.68. The van der Waals surface area contributed by atoms with Crippen LogP contribution in [0.15, 0.2) is 35.4 Å². The Balaban J connectivity index is 0.000000671. The van der Waals surface area contributed by atoms with Crippen molar-refractivity contribution >= 4 is 38.6 Å². The van der Waals surface area contributed by atoms with Gasteiger partial charge in [-0.1, -0.05) is 0 Å². The quantitative estimate of drug-likeness (QED) is 0.205. The molecule has 0 unspecified atom stereocenters. The first-order valence-corrected chi connectivity index (χ1v) is 17.4.